The normalized spacial score (nSPS) is 11.9. The predicted octanol–water partition coefficient (Wildman–Crippen LogP) is 4.97. The Morgan fingerprint density at radius 1 is 1.04 bits per heavy atom. The molecule has 0 unspecified atom stereocenters. The summed E-state index contributed by atoms with van der Waals surface area (Å²) in [6.07, 6.45) is 0.0632. The Bertz CT molecular complexity index is 861. The van der Waals surface area contributed by atoms with Crippen molar-refractivity contribution in [1.29, 1.82) is 0 Å². The topological polar surface area (TPSA) is 38.3 Å². The van der Waals surface area contributed by atoms with Crippen molar-refractivity contribution in [2.75, 3.05) is 0 Å². The lowest BCUT2D eigenvalue weighted by atomic mass is 10.1. The first-order valence-electron chi connectivity index (χ1n) is 8.33. The highest BCUT2D eigenvalue weighted by Crippen LogP contribution is 2.18. The third-order valence-corrected chi connectivity index (χ3v) is 4.29. The highest BCUT2D eigenvalue weighted by molar-refractivity contribution is 6.30. The molecule has 0 spiro atoms. The smallest absolute Gasteiger partial charge is 0.261 e. The minimum Gasteiger partial charge on any atom is -0.481 e. The van der Waals surface area contributed by atoms with Crippen molar-refractivity contribution < 1.29 is 9.53 Å². The van der Waals surface area contributed by atoms with Crippen LogP contribution in [-0.2, 0) is 11.3 Å². The molecule has 1 N–H and O–H groups in total. The van der Waals surface area contributed by atoms with E-state index in [0.717, 1.165) is 5.56 Å². The standard InChI is InChI=1S/C21H20ClNO2/c1-2-20(25-19-11-9-18(22)10-12-19)21(24)23-14-15-7-8-16-5-3-4-6-17(16)13-15/h3-13,20H,2,14H2,1H3,(H,23,24)/t20-/m0/s1. The Balaban J connectivity index is 1.62. The maximum atomic E-state index is 12.4. The predicted molar refractivity (Wildman–Crippen MR) is 102 cm³/mol. The summed E-state index contributed by atoms with van der Waals surface area (Å²) >= 11 is 5.87. The van der Waals surface area contributed by atoms with Crippen LogP contribution in [0.1, 0.15) is 18.9 Å². The highest BCUT2D eigenvalue weighted by atomic mass is 35.5. The Morgan fingerprint density at radius 2 is 1.76 bits per heavy atom. The van der Waals surface area contributed by atoms with Crippen LogP contribution in [0.2, 0.25) is 5.02 Å². The van der Waals surface area contributed by atoms with Gasteiger partial charge in [-0.25, -0.2) is 0 Å². The molecule has 4 heteroatoms. The van der Waals surface area contributed by atoms with Crippen LogP contribution in [0.3, 0.4) is 0 Å². The van der Waals surface area contributed by atoms with E-state index >= 15 is 0 Å². The third kappa shape index (κ3) is 4.52. The summed E-state index contributed by atoms with van der Waals surface area (Å²) in [6, 6.07) is 21.4. The van der Waals surface area contributed by atoms with Gasteiger partial charge in [0.15, 0.2) is 6.10 Å². The van der Waals surface area contributed by atoms with Gasteiger partial charge in [0.05, 0.1) is 0 Å². The summed E-state index contributed by atoms with van der Waals surface area (Å²) < 4.78 is 5.77. The minimum atomic E-state index is -0.526. The molecule has 0 radical (unpaired) electrons. The van der Waals surface area contributed by atoms with E-state index in [9.17, 15) is 4.79 Å². The first-order chi connectivity index (χ1) is 12.2. The molecule has 0 aliphatic rings. The van der Waals surface area contributed by atoms with Crippen LogP contribution < -0.4 is 10.1 Å². The van der Waals surface area contributed by atoms with Gasteiger partial charge in [0.25, 0.3) is 5.91 Å². The Kier molecular flexibility index (Phi) is 5.56. The van der Waals surface area contributed by atoms with Crippen LogP contribution in [-0.4, -0.2) is 12.0 Å². The molecule has 0 heterocycles. The second-order valence-corrected chi connectivity index (χ2v) is 6.30. The summed E-state index contributed by atoms with van der Waals surface area (Å²) in [6.45, 7) is 2.40. The van der Waals surface area contributed by atoms with Crippen LogP contribution in [0.4, 0.5) is 0 Å². The average Bonchev–Trinajstić information content (AvgIpc) is 2.65. The lowest BCUT2D eigenvalue weighted by Crippen LogP contribution is -2.37. The van der Waals surface area contributed by atoms with Crippen LogP contribution in [0, 0.1) is 0 Å². The van der Waals surface area contributed by atoms with Crippen molar-refractivity contribution in [2.45, 2.75) is 26.0 Å². The largest absolute Gasteiger partial charge is 0.481 e. The van der Waals surface area contributed by atoms with E-state index in [1.165, 1.54) is 10.8 Å². The molecule has 0 saturated heterocycles. The van der Waals surface area contributed by atoms with Crippen molar-refractivity contribution >= 4 is 28.3 Å². The molecule has 3 aromatic rings. The number of rotatable bonds is 6. The van der Waals surface area contributed by atoms with Crippen LogP contribution >= 0.6 is 11.6 Å². The molecular formula is C21H20ClNO2. The van der Waals surface area contributed by atoms with Gasteiger partial charge in [-0.1, -0.05) is 54.9 Å². The van der Waals surface area contributed by atoms with Crippen LogP contribution in [0.5, 0.6) is 5.75 Å². The number of halogens is 1. The van der Waals surface area contributed by atoms with E-state index < -0.39 is 6.10 Å². The van der Waals surface area contributed by atoms with E-state index in [0.29, 0.717) is 23.7 Å². The van der Waals surface area contributed by atoms with Gasteiger partial charge < -0.3 is 10.1 Å². The van der Waals surface area contributed by atoms with Gasteiger partial charge in [-0.15, -0.1) is 0 Å². The summed E-state index contributed by atoms with van der Waals surface area (Å²) in [5.41, 5.74) is 1.06. The molecule has 3 rings (SSSR count). The fourth-order valence-electron chi connectivity index (χ4n) is 2.65. The number of carbonyl (C=O) groups is 1. The molecular weight excluding hydrogens is 334 g/mol. The fraction of sp³-hybridized carbons (Fsp3) is 0.190. The SMILES string of the molecule is CC[C@H](Oc1ccc(Cl)cc1)C(=O)NCc1ccc2ccccc2c1. The quantitative estimate of drug-likeness (QED) is 0.679. The highest BCUT2D eigenvalue weighted by Gasteiger charge is 2.18. The number of benzene rings is 3. The van der Waals surface area contributed by atoms with Crippen molar-refractivity contribution in [3.05, 3.63) is 77.3 Å². The maximum absolute atomic E-state index is 12.4. The molecule has 1 atom stereocenters. The first kappa shape index (κ1) is 17.3. The van der Waals surface area contributed by atoms with E-state index in [1.807, 2.05) is 25.1 Å². The molecule has 0 fully saturated rings. The summed E-state index contributed by atoms with van der Waals surface area (Å²) in [7, 11) is 0. The van der Waals surface area contributed by atoms with Gasteiger partial charge in [0.1, 0.15) is 5.75 Å². The van der Waals surface area contributed by atoms with Crippen molar-refractivity contribution in [2.24, 2.45) is 0 Å². The number of hydrogen-bond donors (Lipinski definition) is 1. The van der Waals surface area contributed by atoms with Gasteiger partial charge in [0, 0.05) is 11.6 Å². The fourth-order valence-corrected chi connectivity index (χ4v) is 2.78. The molecule has 0 saturated carbocycles. The number of hydrogen-bond acceptors (Lipinski definition) is 2. The number of amides is 1. The summed E-state index contributed by atoms with van der Waals surface area (Å²) in [5.74, 6) is 0.516. The number of fused-ring (bicyclic) bond motifs is 1. The molecule has 25 heavy (non-hydrogen) atoms. The Labute approximate surface area is 152 Å². The third-order valence-electron chi connectivity index (χ3n) is 4.04. The lowest BCUT2D eigenvalue weighted by molar-refractivity contribution is -0.128. The molecule has 1 amide bonds. The van der Waals surface area contributed by atoms with Gasteiger partial charge in [0.2, 0.25) is 0 Å². The van der Waals surface area contributed by atoms with E-state index in [2.05, 4.69) is 29.6 Å². The maximum Gasteiger partial charge on any atom is 0.261 e. The molecule has 0 aliphatic carbocycles. The molecule has 3 aromatic carbocycles. The second kappa shape index (κ2) is 8.04. The molecule has 0 bridgehead atoms. The monoisotopic (exact) mass is 353 g/mol. The van der Waals surface area contributed by atoms with Gasteiger partial charge in [-0.05, 0) is 53.1 Å². The summed E-state index contributed by atoms with van der Waals surface area (Å²) in [5, 5.41) is 5.95. The zero-order chi connectivity index (χ0) is 17.6. The van der Waals surface area contributed by atoms with Gasteiger partial charge in [-0.2, -0.15) is 0 Å². The summed E-state index contributed by atoms with van der Waals surface area (Å²) in [4.78, 5) is 12.4. The van der Waals surface area contributed by atoms with E-state index in [4.69, 9.17) is 16.3 Å². The van der Waals surface area contributed by atoms with Crippen molar-refractivity contribution in [1.82, 2.24) is 5.32 Å². The average molecular weight is 354 g/mol. The van der Waals surface area contributed by atoms with Gasteiger partial charge >= 0.3 is 0 Å². The van der Waals surface area contributed by atoms with Crippen LogP contribution in [0.25, 0.3) is 10.8 Å². The lowest BCUT2D eigenvalue weighted by Gasteiger charge is -2.17. The van der Waals surface area contributed by atoms with E-state index in [-0.39, 0.29) is 5.91 Å². The van der Waals surface area contributed by atoms with Gasteiger partial charge in [-0.3, -0.25) is 4.79 Å². The molecule has 3 nitrogen and oxygen atoms in total. The molecule has 128 valence electrons. The van der Waals surface area contributed by atoms with Crippen LogP contribution in [0.15, 0.2) is 66.7 Å². The number of nitrogens with one attached hydrogen (secondary N) is 1. The van der Waals surface area contributed by atoms with Crippen molar-refractivity contribution in [3.63, 3.8) is 0 Å². The number of carbonyl (C=O) groups excluding carboxylic acids is 1. The zero-order valence-electron chi connectivity index (χ0n) is 14.0. The van der Waals surface area contributed by atoms with Crippen molar-refractivity contribution in [3.8, 4) is 5.75 Å². The molecule has 0 aliphatic heterocycles. The number of ether oxygens (including phenoxy) is 1. The Hall–Kier alpha value is -2.52. The minimum absolute atomic E-state index is 0.120. The van der Waals surface area contributed by atoms with E-state index in [1.54, 1.807) is 24.3 Å². The second-order valence-electron chi connectivity index (χ2n) is 5.87. The molecule has 0 aromatic heterocycles. The Morgan fingerprint density at radius 3 is 2.48 bits per heavy atom. The zero-order valence-corrected chi connectivity index (χ0v) is 14.8. The first-order valence-corrected chi connectivity index (χ1v) is 8.71.